The van der Waals surface area contributed by atoms with Crippen molar-refractivity contribution in [2.45, 2.75) is 57.5 Å². The van der Waals surface area contributed by atoms with Gasteiger partial charge in [0.05, 0.1) is 25.0 Å². The lowest BCUT2D eigenvalue weighted by Crippen LogP contribution is -2.45. The van der Waals surface area contributed by atoms with Gasteiger partial charge in [-0.3, -0.25) is 9.69 Å². The average molecular weight is 529 g/mol. The zero-order chi connectivity index (χ0) is 27.4. The number of rotatable bonds is 7. The summed E-state index contributed by atoms with van der Waals surface area (Å²) in [6.45, 7) is 2.52. The van der Waals surface area contributed by atoms with Crippen molar-refractivity contribution in [3.05, 3.63) is 72.3 Å². The van der Waals surface area contributed by atoms with E-state index in [0.717, 1.165) is 48.9 Å². The van der Waals surface area contributed by atoms with Crippen LogP contribution in [0.1, 0.15) is 56.9 Å². The Morgan fingerprint density at radius 3 is 2.41 bits per heavy atom. The molecular weight excluding hydrogens is 492 g/mol. The second-order valence-electron chi connectivity index (χ2n) is 10.5. The second-order valence-corrected chi connectivity index (χ2v) is 10.5. The van der Waals surface area contributed by atoms with E-state index in [1.54, 1.807) is 12.0 Å². The number of aliphatic carboxylic acids is 1. The van der Waals surface area contributed by atoms with Crippen LogP contribution in [0.3, 0.4) is 0 Å². The minimum atomic E-state index is -0.692. The highest BCUT2D eigenvalue weighted by atomic mass is 16.5. The van der Waals surface area contributed by atoms with Gasteiger partial charge in [0.15, 0.2) is 0 Å². The van der Waals surface area contributed by atoms with Crippen LogP contribution in [0.2, 0.25) is 0 Å². The zero-order valence-corrected chi connectivity index (χ0v) is 22.6. The van der Waals surface area contributed by atoms with Crippen molar-refractivity contribution in [3.8, 4) is 22.6 Å². The van der Waals surface area contributed by atoms with Gasteiger partial charge in [-0.25, -0.2) is 4.79 Å². The minimum absolute atomic E-state index is 0.102. The van der Waals surface area contributed by atoms with E-state index in [1.165, 1.54) is 5.56 Å². The Labute approximate surface area is 229 Å². The summed E-state index contributed by atoms with van der Waals surface area (Å²) in [6.07, 6.45) is 4.98. The molecule has 2 N–H and O–H groups in total. The molecule has 3 aromatic rings. The summed E-state index contributed by atoms with van der Waals surface area (Å²) in [5, 5.41) is 12.1. The number of hydrogen-bond donors (Lipinski definition) is 2. The first-order valence-electron chi connectivity index (χ1n) is 13.8. The third-order valence-electron chi connectivity index (χ3n) is 8.00. The van der Waals surface area contributed by atoms with Crippen LogP contribution in [0.4, 0.5) is 16.2 Å². The third-order valence-corrected chi connectivity index (χ3v) is 8.00. The number of fused-ring (bicyclic) bond motifs is 1. The second kappa shape index (κ2) is 11.8. The van der Waals surface area contributed by atoms with Crippen LogP contribution in [-0.2, 0) is 4.79 Å². The van der Waals surface area contributed by atoms with E-state index in [4.69, 9.17) is 14.6 Å². The average Bonchev–Trinajstić information content (AvgIpc) is 2.96. The molecule has 0 saturated heterocycles. The van der Waals surface area contributed by atoms with Gasteiger partial charge >= 0.3 is 12.0 Å². The molecule has 1 saturated carbocycles. The Morgan fingerprint density at radius 2 is 1.72 bits per heavy atom. The highest BCUT2D eigenvalue weighted by Crippen LogP contribution is 2.40. The molecule has 0 radical (unpaired) electrons. The molecule has 3 aromatic carbocycles. The first-order chi connectivity index (χ1) is 18.9. The number of carboxylic acid groups (broad SMARTS) is 1. The summed E-state index contributed by atoms with van der Waals surface area (Å²) in [7, 11) is 1.59. The van der Waals surface area contributed by atoms with E-state index >= 15 is 0 Å². The summed E-state index contributed by atoms with van der Waals surface area (Å²) in [6, 6.07) is 21.8. The maximum atomic E-state index is 13.4. The molecule has 1 aliphatic carbocycles. The molecule has 2 aliphatic rings. The number of nitrogens with one attached hydrogen (secondary N) is 1. The van der Waals surface area contributed by atoms with Crippen LogP contribution in [0, 0.1) is 5.92 Å². The predicted molar refractivity (Wildman–Crippen MR) is 153 cm³/mol. The largest absolute Gasteiger partial charge is 0.495 e. The fourth-order valence-electron chi connectivity index (χ4n) is 5.76. The minimum Gasteiger partial charge on any atom is -0.495 e. The van der Waals surface area contributed by atoms with E-state index in [-0.39, 0.29) is 18.6 Å². The molecule has 1 atom stereocenters. The summed E-state index contributed by atoms with van der Waals surface area (Å²) < 4.78 is 11.7. The number of para-hydroxylation sites is 2. The van der Waals surface area contributed by atoms with Gasteiger partial charge in [0.25, 0.3) is 0 Å². The normalized spacial score (nSPS) is 20.5. The lowest BCUT2D eigenvalue weighted by atomic mass is 9.77. The molecule has 5 rings (SSSR count). The summed E-state index contributed by atoms with van der Waals surface area (Å²) in [5.74, 6) is 1.40. The topological polar surface area (TPSA) is 88.1 Å². The van der Waals surface area contributed by atoms with Crippen LogP contribution in [0.25, 0.3) is 11.1 Å². The van der Waals surface area contributed by atoms with Crippen LogP contribution in [0.5, 0.6) is 11.5 Å². The van der Waals surface area contributed by atoms with E-state index in [9.17, 15) is 9.59 Å². The summed E-state index contributed by atoms with van der Waals surface area (Å²) in [5.41, 5.74) is 4.80. The van der Waals surface area contributed by atoms with Gasteiger partial charge < -0.3 is 19.9 Å². The Bertz CT molecular complexity index is 1310. The highest BCUT2D eigenvalue weighted by Gasteiger charge is 2.30. The number of benzene rings is 3. The van der Waals surface area contributed by atoms with Crippen molar-refractivity contribution in [1.29, 1.82) is 0 Å². The van der Waals surface area contributed by atoms with Gasteiger partial charge in [0.1, 0.15) is 17.6 Å². The Kier molecular flexibility index (Phi) is 8.05. The number of nitrogens with zero attached hydrogens (tertiary/aromatic N) is 1. The van der Waals surface area contributed by atoms with E-state index < -0.39 is 5.97 Å². The number of carboxylic acids is 1. The molecular formula is C32H36N2O5. The number of methoxy groups -OCH3 is 1. The standard InChI is InChI=1S/C32H36N2O5/c1-3-26-20-34(32(37)33-27-6-4-5-7-29(27)38-2)28-17-16-25(19-30(28)39-26)24-14-12-23(13-15-24)22-10-8-21(9-11-22)18-31(35)36/h4-7,12-17,19,21-22,26H,3,8-11,18,20H2,1-2H3,(H,33,37)(H,35,36). The molecule has 2 amide bonds. The van der Waals surface area contributed by atoms with E-state index in [1.807, 2.05) is 42.5 Å². The first-order valence-corrected chi connectivity index (χ1v) is 13.8. The smallest absolute Gasteiger partial charge is 0.326 e. The van der Waals surface area contributed by atoms with Crippen LogP contribution in [-0.4, -0.2) is 36.9 Å². The van der Waals surface area contributed by atoms with Crippen molar-refractivity contribution in [2.24, 2.45) is 5.92 Å². The zero-order valence-electron chi connectivity index (χ0n) is 22.6. The molecule has 0 aromatic heterocycles. The van der Waals surface area contributed by atoms with Gasteiger partial charge in [-0.15, -0.1) is 0 Å². The Balaban J connectivity index is 1.32. The molecule has 0 bridgehead atoms. The Hall–Kier alpha value is -4.00. The fourth-order valence-corrected chi connectivity index (χ4v) is 5.76. The van der Waals surface area contributed by atoms with Gasteiger partial charge in [-0.05, 0) is 84.9 Å². The predicted octanol–water partition coefficient (Wildman–Crippen LogP) is 7.32. The van der Waals surface area contributed by atoms with E-state index in [0.29, 0.717) is 35.6 Å². The van der Waals surface area contributed by atoms with Crippen molar-refractivity contribution < 1.29 is 24.2 Å². The molecule has 1 fully saturated rings. The number of ether oxygens (including phenoxy) is 2. The SMILES string of the molecule is CCC1CN(C(=O)Nc2ccccc2OC)c2ccc(-c3ccc(C4CCC(CC(=O)O)CC4)cc3)cc2O1. The lowest BCUT2D eigenvalue weighted by molar-refractivity contribution is -0.138. The molecule has 0 spiro atoms. The maximum absolute atomic E-state index is 13.4. The van der Waals surface area contributed by atoms with Gasteiger partial charge in [0.2, 0.25) is 0 Å². The van der Waals surface area contributed by atoms with Crippen LogP contribution >= 0.6 is 0 Å². The van der Waals surface area contributed by atoms with Crippen molar-refractivity contribution >= 4 is 23.4 Å². The lowest BCUT2D eigenvalue weighted by Gasteiger charge is -2.35. The third kappa shape index (κ3) is 6.03. The molecule has 1 unspecified atom stereocenters. The highest BCUT2D eigenvalue weighted by molar-refractivity contribution is 6.04. The van der Waals surface area contributed by atoms with Crippen LogP contribution < -0.4 is 19.7 Å². The van der Waals surface area contributed by atoms with Crippen LogP contribution in [0.15, 0.2) is 66.7 Å². The Morgan fingerprint density at radius 1 is 1.00 bits per heavy atom. The first kappa shape index (κ1) is 26.6. The number of hydrogen-bond acceptors (Lipinski definition) is 4. The van der Waals surface area contributed by atoms with Crippen molar-refractivity contribution in [3.63, 3.8) is 0 Å². The number of carbonyl (C=O) groups is 2. The fraction of sp³-hybridized carbons (Fsp3) is 0.375. The summed E-state index contributed by atoms with van der Waals surface area (Å²) in [4.78, 5) is 26.1. The quantitative estimate of drug-likeness (QED) is 0.335. The summed E-state index contributed by atoms with van der Waals surface area (Å²) >= 11 is 0. The van der Waals surface area contributed by atoms with Gasteiger partial charge in [-0.1, -0.05) is 49.4 Å². The van der Waals surface area contributed by atoms with Crippen molar-refractivity contribution in [2.75, 3.05) is 23.9 Å². The van der Waals surface area contributed by atoms with Gasteiger partial charge in [-0.2, -0.15) is 0 Å². The molecule has 39 heavy (non-hydrogen) atoms. The van der Waals surface area contributed by atoms with E-state index in [2.05, 4.69) is 36.5 Å². The van der Waals surface area contributed by atoms with Gasteiger partial charge in [0, 0.05) is 6.42 Å². The number of anilines is 2. The molecule has 204 valence electrons. The van der Waals surface area contributed by atoms with Crippen molar-refractivity contribution in [1.82, 2.24) is 0 Å². The molecule has 7 heteroatoms. The molecule has 7 nitrogen and oxygen atoms in total. The number of amides is 2. The number of urea groups is 1. The molecule has 1 aliphatic heterocycles. The maximum Gasteiger partial charge on any atom is 0.326 e. The molecule has 1 heterocycles. The number of carbonyl (C=O) groups excluding carboxylic acids is 1. The monoisotopic (exact) mass is 528 g/mol.